The number of benzene rings is 1. The number of aliphatic hydroxyl groups is 1. The number of aliphatic hydroxyl groups excluding tert-OH is 1. The minimum absolute atomic E-state index is 0.0799. The molecule has 29 heavy (non-hydrogen) atoms. The Bertz CT molecular complexity index is 902. The highest BCUT2D eigenvalue weighted by atomic mass is 127. The average Bonchev–Trinajstić information content (AvgIpc) is 2.64. The second-order valence-corrected chi connectivity index (χ2v) is 10.7. The summed E-state index contributed by atoms with van der Waals surface area (Å²) in [5, 5.41) is 9.87. The van der Waals surface area contributed by atoms with Gasteiger partial charge in [0.25, 0.3) is 0 Å². The van der Waals surface area contributed by atoms with E-state index >= 15 is 0 Å². The van der Waals surface area contributed by atoms with Gasteiger partial charge in [-0.3, -0.25) is 0 Å². The zero-order valence-corrected chi connectivity index (χ0v) is 20.5. The number of hydrogen-bond donors (Lipinski definition) is 1. The van der Waals surface area contributed by atoms with E-state index in [0.29, 0.717) is 17.2 Å². The molecule has 8 heteroatoms. The summed E-state index contributed by atoms with van der Waals surface area (Å²) in [4.78, 5) is 4.17. The SMILES string of the molecule is CC(O)c1cc(I)c(OCC(/C=C/c2ccccc2)=NS(=O)C(C)(C)C)c(Cl)n1. The average molecular weight is 547 g/mol. The van der Waals surface area contributed by atoms with Crippen LogP contribution in [0.5, 0.6) is 5.75 Å². The second kappa shape index (κ2) is 10.7. The summed E-state index contributed by atoms with van der Waals surface area (Å²) in [5.41, 5.74) is 1.99. The molecular weight excluding hydrogens is 523 g/mol. The third-order valence-electron chi connectivity index (χ3n) is 3.69. The number of pyridine rings is 1. The van der Waals surface area contributed by atoms with Gasteiger partial charge in [-0.25, -0.2) is 9.19 Å². The number of hydrogen-bond acceptors (Lipinski definition) is 4. The van der Waals surface area contributed by atoms with E-state index in [0.717, 1.165) is 9.13 Å². The fourth-order valence-corrected chi connectivity index (χ4v) is 3.83. The summed E-state index contributed by atoms with van der Waals surface area (Å²) in [6.07, 6.45) is 2.95. The number of nitrogens with zero attached hydrogens (tertiary/aromatic N) is 2. The van der Waals surface area contributed by atoms with E-state index in [1.807, 2.05) is 57.2 Å². The lowest BCUT2D eigenvalue weighted by molar-refractivity contribution is 0.194. The molecule has 0 saturated heterocycles. The Hall–Kier alpha value is -1.29. The van der Waals surface area contributed by atoms with Crippen molar-refractivity contribution in [2.24, 2.45) is 4.40 Å². The van der Waals surface area contributed by atoms with Crippen molar-refractivity contribution in [3.8, 4) is 5.75 Å². The zero-order chi connectivity index (χ0) is 21.6. The molecule has 2 atom stereocenters. The molecule has 2 rings (SSSR count). The first-order valence-electron chi connectivity index (χ1n) is 8.97. The van der Waals surface area contributed by atoms with E-state index in [1.165, 1.54) is 0 Å². The molecule has 0 fully saturated rings. The molecule has 5 nitrogen and oxygen atoms in total. The van der Waals surface area contributed by atoms with E-state index in [-0.39, 0.29) is 11.8 Å². The number of aromatic nitrogens is 1. The van der Waals surface area contributed by atoms with Crippen molar-refractivity contribution in [2.45, 2.75) is 38.5 Å². The van der Waals surface area contributed by atoms with Crippen LogP contribution in [-0.4, -0.2) is 31.4 Å². The highest BCUT2D eigenvalue weighted by molar-refractivity contribution is 14.1. The van der Waals surface area contributed by atoms with Crippen LogP contribution in [0.25, 0.3) is 6.08 Å². The molecule has 0 aliphatic rings. The number of ether oxygens (including phenoxy) is 1. The lowest BCUT2D eigenvalue weighted by Gasteiger charge is -2.15. The van der Waals surface area contributed by atoms with Gasteiger partial charge in [0.1, 0.15) is 17.6 Å². The van der Waals surface area contributed by atoms with Gasteiger partial charge >= 0.3 is 0 Å². The van der Waals surface area contributed by atoms with Crippen LogP contribution in [-0.2, 0) is 11.0 Å². The largest absolute Gasteiger partial charge is 0.483 e. The maximum atomic E-state index is 12.5. The van der Waals surface area contributed by atoms with Gasteiger partial charge in [-0.2, -0.15) is 4.40 Å². The lowest BCUT2D eigenvalue weighted by Crippen LogP contribution is -2.22. The van der Waals surface area contributed by atoms with Crippen molar-refractivity contribution in [1.82, 2.24) is 4.98 Å². The van der Waals surface area contributed by atoms with Crippen LogP contribution in [0.15, 0.2) is 46.9 Å². The quantitative estimate of drug-likeness (QED) is 0.287. The van der Waals surface area contributed by atoms with Crippen LogP contribution in [0.3, 0.4) is 0 Å². The Morgan fingerprint density at radius 3 is 2.59 bits per heavy atom. The van der Waals surface area contributed by atoms with E-state index in [4.69, 9.17) is 16.3 Å². The van der Waals surface area contributed by atoms with E-state index in [1.54, 1.807) is 19.1 Å². The van der Waals surface area contributed by atoms with Gasteiger partial charge in [-0.1, -0.05) is 48.0 Å². The van der Waals surface area contributed by atoms with Crippen LogP contribution in [0.1, 0.15) is 45.1 Å². The first kappa shape index (κ1) is 24.0. The summed E-state index contributed by atoms with van der Waals surface area (Å²) in [5.74, 6) is 0.402. The molecule has 0 aliphatic carbocycles. The first-order valence-corrected chi connectivity index (χ1v) is 11.5. The number of halogens is 2. The van der Waals surface area contributed by atoms with Gasteiger partial charge in [0.05, 0.1) is 25.8 Å². The molecule has 0 amide bonds. The fourth-order valence-electron chi connectivity index (χ4n) is 2.08. The maximum Gasteiger partial charge on any atom is 0.172 e. The van der Waals surface area contributed by atoms with Crippen molar-refractivity contribution >= 4 is 57.0 Å². The van der Waals surface area contributed by atoms with Crippen molar-refractivity contribution < 1.29 is 14.1 Å². The van der Waals surface area contributed by atoms with E-state index in [9.17, 15) is 9.32 Å². The van der Waals surface area contributed by atoms with Crippen LogP contribution < -0.4 is 4.74 Å². The van der Waals surface area contributed by atoms with Crippen molar-refractivity contribution in [3.05, 3.63) is 62.5 Å². The monoisotopic (exact) mass is 546 g/mol. The molecule has 0 bridgehead atoms. The third-order valence-corrected chi connectivity index (χ3v) is 6.20. The molecule has 0 radical (unpaired) electrons. The highest BCUT2D eigenvalue weighted by Gasteiger charge is 2.20. The van der Waals surface area contributed by atoms with Gasteiger partial charge in [-0.15, -0.1) is 0 Å². The Balaban J connectivity index is 2.27. The molecule has 2 unspecified atom stereocenters. The molecule has 0 spiro atoms. The topological polar surface area (TPSA) is 71.8 Å². The molecule has 0 aliphatic heterocycles. The summed E-state index contributed by atoms with van der Waals surface area (Å²) >= 11 is 8.33. The van der Waals surface area contributed by atoms with E-state index in [2.05, 4.69) is 32.0 Å². The normalized spacial score (nSPS) is 14.8. The summed E-state index contributed by atoms with van der Waals surface area (Å²) in [6.45, 7) is 7.30. The zero-order valence-electron chi connectivity index (χ0n) is 16.7. The maximum absolute atomic E-state index is 12.5. The molecule has 0 saturated carbocycles. The summed E-state index contributed by atoms with van der Waals surface area (Å²) in [6, 6.07) is 11.5. The van der Waals surface area contributed by atoms with Gasteiger partial charge in [-0.05, 0) is 68.0 Å². The smallest absolute Gasteiger partial charge is 0.172 e. The summed E-state index contributed by atoms with van der Waals surface area (Å²) in [7, 11) is -1.43. The fraction of sp³-hybridized carbons (Fsp3) is 0.333. The minimum Gasteiger partial charge on any atom is -0.483 e. The Morgan fingerprint density at radius 2 is 2.03 bits per heavy atom. The Kier molecular flexibility index (Phi) is 8.81. The predicted molar refractivity (Wildman–Crippen MR) is 129 cm³/mol. The van der Waals surface area contributed by atoms with Gasteiger partial charge < -0.3 is 9.84 Å². The molecule has 2 aromatic rings. The van der Waals surface area contributed by atoms with Crippen molar-refractivity contribution in [2.75, 3.05) is 6.61 Å². The minimum atomic E-state index is -1.43. The first-order chi connectivity index (χ1) is 13.6. The Morgan fingerprint density at radius 1 is 1.38 bits per heavy atom. The van der Waals surface area contributed by atoms with Gasteiger partial charge in [0.15, 0.2) is 10.9 Å². The standard InChI is InChI=1S/C21H24ClIN2O3S/c1-14(26)18-12-17(23)19(20(22)24-18)28-13-16(25-29(27)21(2,3)4)11-10-15-8-6-5-7-9-15/h5-12,14,26H,13H2,1-4H3/b11-10+,25-16?. The van der Waals surface area contributed by atoms with Crippen LogP contribution >= 0.6 is 34.2 Å². The van der Waals surface area contributed by atoms with Crippen molar-refractivity contribution in [1.29, 1.82) is 0 Å². The highest BCUT2D eigenvalue weighted by Crippen LogP contribution is 2.31. The molecule has 1 N–H and O–H groups in total. The van der Waals surface area contributed by atoms with E-state index < -0.39 is 21.8 Å². The number of rotatable bonds is 7. The van der Waals surface area contributed by atoms with Crippen LogP contribution in [0, 0.1) is 3.57 Å². The van der Waals surface area contributed by atoms with Gasteiger partial charge in [0.2, 0.25) is 0 Å². The second-order valence-electron chi connectivity index (χ2n) is 7.30. The summed E-state index contributed by atoms with van der Waals surface area (Å²) < 4.78 is 23.0. The Labute approximate surface area is 193 Å². The third kappa shape index (κ3) is 7.47. The lowest BCUT2D eigenvalue weighted by atomic mass is 10.2. The predicted octanol–water partition coefficient (Wildman–Crippen LogP) is 5.39. The molecular formula is C21H24ClIN2O3S. The molecule has 1 heterocycles. The molecule has 1 aromatic heterocycles. The molecule has 1 aromatic carbocycles. The van der Waals surface area contributed by atoms with Crippen LogP contribution in [0.2, 0.25) is 5.15 Å². The molecule has 156 valence electrons. The van der Waals surface area contributed by atoms with Crippen molar-refractivity contribution in [3.63, 3.8) is 0 Å². The van der Waals surface area contributed by atoms with Gasteiger partial charge in [0, 0.05) is 0 Å². The van der Waals surface area contributed by atoms with Crippen LogP contribution in [0.4, 0.5) is 0 Å².